The Morgan fingerprint density at radius 3 is 2.88 bits per heavy atom. The number of halogens is 1. The quantitative estimate of drug-likeness (QED) is 0.798. The first-order valence-corrected chi connectivity index (χ1v) is 5.96. The van der Waals surface area contributed by atoms with Gasteiger partial charge in [-0.2, -0.15) is 5.10 Å². The van der Waals surface area contributed by atoms with E-state index >= 15 is 0 Å². The van der Waals surface area contributed by atoms with Crippen LogP contribution in [-0.2, 0) is 0 Å². The molecular formula is C9H11BrN6. The minimum Gasteiger partial charge on any atom is -0.353 e. The zero-order valence-electron chi connectivity index (χ0n) is 8.57. The summed E-state index contributed by atoms with van der Waals surface area (Å²) in [6.45, 7) is 3.90. The van der Waals surface area contributed by atoms with Gasteiger partial charge < -0.3 is 10.2 Å². The summed E-state index contributed by atoms with van der Waals surface area (Å²) in [5.74, 6) is 0.951. The van der Waals surface area contributed by atoms with Crippen LogP contribution in [0.2, 0.25) is 0 Å². The van der Waals surface area contributed by atoms with Crippen LogP contribution in [0.5, 0.6) is 0 Å². The predicted octanol–water partition coefficient (Wildman–Crippen LogP) is 0.525. The second-order valence-corrected chi connectivity index (χ2v) is 4.42. The predicted molar refractivity (Wildman–Crippen MR) is 64.5 cm³/mol. The number of nitrogens with one attached hydrogen (secondary N) is 2. The van der Waals surface area contributed by atoms with E-state index in [1.54, 1.807) is 6.33 Å². The second-order valence-electron chi connectivity index (χ2n) is 3.67. The maximum absolute atomic E-state index is 4.36. The number of aromatic amines is 1. The van der Waals surface area contributed by atoms with Crippen LogP contribution in [-0.4, -0.2) is 46.3 Å². The lowest BCUT2D eigenvalue weighted by Crippen LogP contribution is -2.44. The van der Waals surface area contributed by atoms with Gasteiger partial charge in [0.25, 0.3) is 0 Å². The van der Waals surface area contributed by atoms with Crippen LogP contribution < -0.4 is 10.2 Å². The number of piperazine rings is 1. The Labute approximate surface area is 101 Å². The van der Waals surface area contributed by atoms with Crippen molar-refractivity contribution in [3.8, 4) is 0 Å². The number of hydrogen-bond acceptors (Lipinski definition) is 5. The highest BCUT2D eigenvalue weighted by Gasteiger charge is 2.18. The molecule has 0 bridgehead atoms. The molecule has 0 amide bonds. The van der Waals surface area contributed by atoms with E-state index in [1.165, 1.54) is 0 Å². The third-order valence-corrected chi connectivity index (χ3v) is 3.28. The number of fused-ring (bicyclic) bond motifs is 1. The van der Waals surface area contributed by atoms with Crippen LogP contribution >= 0.6 is 15.9 Å². The van der Waals surface area contributed by atoms with E-state index in [1.807, 2.05) is 0 Å². The van der Waals surface area contributed by atoms with E-state index in [-0.39, 0.29) is 0 Å². The number of rotatable bonds is 1. The molecular weight excluding hydrogens is 272 g/mol. The van der Waals surface area contributed by atoms with Gasteiger partial charge in [0.05, 0.1) is 5.39 Å². The normalized spacial score (nSPS) is 16.9. The van der Waals surface area contributed by atoms with Crippen molar-refractivity contribution < 1.29 is 0 Å². The van der Waals surface area contributed by atoms with Gasteiger partial charge >= 0.3 is 0 Å². The summed E-state index contributed by atoms with van der Waals surface area (Å²) in [4.78, 5) is 10.8. The number of hydrogen-bond donors (Lipinski definition) is 2. The number of nitrogens with zero attached hydrogens (tertiary/aromatic N) is 4. The zero-order chi connectivity index (χ0) is 11.0. The molecule has 2 aromatic heterocycles. The Balaban J connectivity index is 2.10. The van der Waals surface area contributed by atoms with Gasteiger partial charge in [-0.05, 0) is 15.9 Å². The SMILES string of the molecule is Brc1n[nH]c2ncnc(N3CCNCC3)c12. The molecule has 0 radical (unpaired) electrons. The highest BCUT2D eigenvalue weighted by Crippen LogP contribution is 2.28. The van der Waals surface area contributed by atoms with E-state index in [0.29, 0.717) is 0 Å². The molecule has 2 N–H and O–H groups in total. The average molecular weight is 283 g/mol. The molecule has 1 aliphatic rings. The fourth-order valence-electron chi connectivity index (χ4n) is 1.93. The third kappa shape index (κ3) is 1.56. The summed E-state index contributed by atoms with van der Waals surface area (Å²) in [5, 5.41) is 11.3. The van der Waals surface area contributed by atoms with Gasteiger partial charge in [-0.1, -0.05) is 0 Å². The molecule has 6 nitrogen and oxygen atoms in total. The molecule has 7 heteroatoms. The Morgan fingerprint density at radius 2 is 2.06 bits per heavy atom. The van der Waals surface area contributed by atoms with E-state index in [0.717, 1.165) is 47.6 Å². The van der Waals surface area contributed by atoms with E-state index in [2.05, 4.69) is 46.3 Å². The summed E-state index contributed by atoms with van der Waals surface area (Å²) in [7, 11) is 0. The largest absolute Gasteiger partial charge is 0.353 e. The molecule has 0 aromatic carbocycles. The molecule has 0 saturated carbocycles. The summed E-state index contributed by atoms with van der Waals surface area (Å²) in [5.41, 5.74) is 0.774. The molecule has 2 aromatic rings. The monoisotopic (exact) mass is 282 g/mol. The molecule has 16 heavy (non-hydrogen) atoms. The Morgan fingerprint density at radius 1 is 1.25 bits per heavy atom. The van der Waals surface area contributed by atoms with Crippen molar-refractivity contribution in [3.63, 3.8) is 0 Å². The topological polar surface area (TPSA) is 69.7 Å². The van der Waals surface area contributed by atoms with Gasteiger partial charge in [0, 0.05) is 26.2 Å². The first kappa shape index (κ1) is 9.98. The van der Waals surface area contributed by atoms with Crippen molar-refractivity contribution in [2.24, 2.45) is 0 Å². The molecule has 1 aliphatic heterocycles. The summed E-state index contributed by atoms with van der Waals surface area (Å²) >= 11 is 3.42. The van der Waals surface area contributed by atoms with Crippen LogP contribution in [0.1, 0.15) is 0 Å². The minimum atomic E-state index is 0.774. The molecule has 0 aliphatic carbocycles. The Hall–Kier alpha value is -1.21. The first-order chi connectivity index (χ1) is 7.86. The lowest BCUT2D eigenvalue weighted by Gasteiger charge is -2.28. The molecule has 0 atom stereocenters. The van der Waals surface area contributed by atoms with Gasteiger partial charge in [-0.25, -0.2) is 9.97 Å². The summed E-state index contributed by atoms with van der Waals surface area (Å²) in [6.07, 6.45) is 1.57. The Bertz CT molecular complexity index is 504. The van der Waals surface area contributed by atoms with Crippen molar-refractivity contribution in [2.75, 3.05) is 31.1 Å². The second kappa shape index (κ2) is 3.99. The van der Waals surface area contributed by atoms with Crippen LogP contribution in [0.3, 0.4) is 0 Å². The van der Waals surface area contributed by atoms with Crippen LogP contribution in [0.4, 0.5) is 5.82 Å². The lowest BCUT2D eigenvalue weighted by atomic mass is 10.3. The first-order valence-electron chi connectivity index (χ1n) is 5.16. The van der Waals surface area contributed by atoms with Crippen molar-refractivity contribution in [3.05, 3.63) is 10.9 Å². The van der Waals surface area contributed by atoms with Gasteiger partial charge in [-0.15, -0.1) is 0 Å². The third-order valence-electron chi connectivity index (χ3n) is 2.71. The van der Waals surface area contributed by atoms with E-state index < -0.39 is 0 Å². The lowest BCUT2D eigenvalue weighted by molar-refractivity contribution is 0.586. The van der Waals surface area contributed by atoms with Gasteiger partial charge in [0.2, 0.25) is 0 Å². The highest BCUT2D eigenvalue weighted by atomic mass is 79.9. The molecule has 0 spiro atoms. The Kier molecular flexibility index (Phi) is 2.49. The smallest absolute Gasteiger partial charge is 0.161 e. The molecule has 1 saturated heterocycles. The van der Waals surface area contributed by atoms with Crippen LogP contribution in [0.25, 0.3) is 11.0 Å². The van der Waals surface area contributed by atoms with E-state index in [9.17, 15) is 0 Å². The average Bonchev–Trinajstić information content (AvgIpc) is 2.73. The van der Waals surface area contributed by atoms with Gasteiger partial charge in [-0.3, -0.25) is 5.10 Å². The van der Waals surface area contributed by atoms with Gasteiger partial charge in [0.1, 0.15) is 16.7 Å². The maximum Gasteiger partial charge on any atom is 0.161 e. The molecule has 1 fully saturated rings. The van der Waals surface area contributed by atoms with Crippen LogP contribution in [0, 0.1) is 0 Å². The van der Waals surface area contributed by atoms with Gasteiger partial charge in [0.15, 0.2) is 5.65 Å². The van der Waals surface area contributed by atoms with Crippen molar-refractivity contribution in [2.45, 2.75) is 0 Å². The molecule has 84 valence electrons. The molecule has 3 heterocycles. The number of H-pyrrole nitrogens is 1. The fourth-order valence-corrected chi connectivity index (χ4v) is 2.38. The standard InChI is InChI=1S/C9H11BrN6/c10-7-6-8(15-14-7)12-5-13-9(6)16-3-1-11-2-4-16/h5,11H,1-4H2,(H,12,13,14,15). The van der Waals surface area contributed by atoms with E-state index in [4.69, 9.17) is 0 Å². The van der Waals surface area contributed by atoms with Crippen molar-refractivity contribution in [1.82, 2.24) is 25.5 Å². The van der Waals surface area contributed by atoms with Crippen molar-refractivity contribution in [1.29, 1.82) is 0 Å². The van der Waals surface area contributed by atoms with Crippen molar-refractivity contribution >= 4 is 32.8 Å². The molecule has 3 rings (SSSR count). The summed E-state index contributed by atoms with van der Waals surface area (Å²) in [6, 6.07) is 0. The highest BCUT2D eigenvalue weighted by molar-refractivity contribution is 9.10. The summed E-state index contributed by atoms with van der Waals surface area (Å²) < 4.78 is 0.775. The van der Waals surface area contributed by atoms with Crippen LogP contribution in [0.15, 0.2) is 10.9 Å². The minimum absolute atomic E-state index is 0.774. The molecule has 0 unspecified atom stereocenters. The maximum atomic E-state index is 4.36. The number of aromatic nitrogens is 4. The zero-order valence-corrected chi connectivity index (χ0v) is 10.2. The number of anilines is 1. The fraction of sp³-hybridized carbons (Fsp3) is 0.444.